The predicted octanol–water partition coefficient (Wildman–Crippen LogP) is 19.6. The minimum Gasteiger partial charge on any atom is -0.390 e. The van der Waals surface area contributed by atoms with Crippen LogP contribution in [0.15, 0.2) is 48.6 Å². The molecule has 454 valence electrons. The fraction of sp³-hybridized carbons (Fsp3) is 0.866. The first-order chi connectivity index (χ1) is 37.4. The Morgan fingerprint density at radius 1 is 0.468 bits per heavy atom. The SMILES string of the molecule is CC/C=C\C/C=C\C/C=C\C/C=C\CCCCCCCCCCCCCCCCCCCCCCCCCCCCCCC(=O)NC(COP(=O)(O)OCC[N+](C)(C)C)C(O)C(O)CCCCCCCCCCCCCC. The molecule has 0 aliphatic carbocycles. The molecule has 0 heterocycles. The summed E-state index contributed by atoms with van der Waals surface area (Å²) in [5, 5.41) is 24.9. The number of carbonyl (C=O) groups excluding carboxylic acids is 1. The van der Waals surface area contributed by atoms with Crippen LogP contribution in [-0.2, 0) is 18.4 Å². The number of aliphatic hydroxyl groups excluding tert-OH is 2. The maximum Gasteiger partial charge on any atom is 0.472 e. The quantitative estimate of drug-likeness (QED) is 0.0207. The van der Waals surface area contributed by atoms with Crippen molar-refractivity contribution in [3.05, 3.63) is 48.6 Å². The largest absolute Gasteiger partial charge is 0.472 e. The molecule has 0 aromatic heterocycles. The van der Waals surface area contributed by atoms with E-state index in [-0.39, 0.29) is 12.5 Å². The lowest BCUT2D eigenvalue weighted by molar-refractivity contribution is -0.870. The molecule has 0 aromatic rings. The van der Waals surface area contributed by atoms with Gasteiger partial charge in [0.2, 0.25) is 5.91 Å². The van der Waals surface area contributed by atoms with Gasteiger partial charge in [-0.1, -0.05) is 306 Å². The first-order valence-corrected chi connectivity index (χ1v) is 34.6. The van der Waals surface area contributed by atoms with Crippen LogP contribution in [0.1, 0.15) is 316 Å². The van der Waals surface area contributed by atoms with E-state index in [0.29, 0.717) is 23.9 Å². The van der Waals surface area contributed by atoms with Crippen LogP contribution in [0.3, 0.4) is 0 Å². The summed E-state index contributed by atoms with van der Waals surface area (Å²) in [6.07, 6.45) is 73.9. The second-order valence-corrected chi connectivity index (χ2v) is 25.4. The Morgan fingerprint density at radius 2 is 0.805 bits per heavy atom. The molecule has 4 unspecified atom stereocenters. The van der Waals surface area contributed by atoms with Gasteiger partial charge < -0.3 is 24.9 Å². The zero-order valence-corrected chi connectivity index (χ0v) is 52.5. The monoisotopic (exact) mass is 1110 g/mol. The van der Waals surface area contributed by atoms with Crippen molar-refractivity contribution in [1.82, 2.24) is 5.32 Å². The summed E-state index contributed by atoms with van der Waals surface area (Å²) in [4.78, 5) is 23.4. The smallest absolute Gasteiger partial charge is 0.390 e. The van der Waals surface area contributed by atoms with Crippen molar-refractivity contribution in [2.24, 2.45) is 0 Å². The van der Waals surface area contributed by atoms with Crippen LogP contribution in [0.2, 0.25) is 0 Å². The van der Waals surface area contributed by atoms with E-state index in [2.05, 4.69) is 67.8 Å². The van der Waals surface area contributed by atoms with Gasteiger partial charge in [0.1, 0.15) is 19.3 Å². The summed E-state index contributed by atoms with van der Waals surface area (Å²) >= 11 is 0. The van der Waals surface area contributed by atoms with Crippen molar-refractivity contribution in [1.29, 1.82) is 0 Å². The molecule has 0 saturated heterocycles. The van der Waals surface area contributed by atoms with E-state index in [4.69, 9.17) is 9.05 Å². The number of amides is 1. The molecular formula is C67H130N2O7P+. The Hall–Kier alpha value is -1.58. The first-order valence-electron chi connectivity index (χ1n) is 33.1. The Labute approximate surface area is 478 Å². The van der Waals surface area contributed by atoms with Crippen LogP contribution in [0.5, 0.6) is 0 Å². The highest BCUT2D eigenvalue weighted by molar-refractivity contribution is 7.47. The molecule has 0 aliphatic heterocycles. The van der Waals surface area contributed by atoms with Crippen LogP contribution >= 0.6 is 7.82 Å². The van der Waals surface area contributed by atoms with Crippen molar-refractivity contribution in [3.8, 4) is 0 Å². The van der Waals surface area contributed by atoms with Crippen LogP contribution in [0, 0.1) is 0 Å². The number of phosphoric acid groups is 1. The maximum atomic E-state index is 13.0. The number of unbranched alkanes of at least 4 members (excludes halogenated alkanes) is 39. The van der Waals surface area contributed by atoms with E-state index in [1.807, 2.05) is 21.1 Å². The highest BCUT2D eigenvalue weighted by atomic mass is 31.2. The first kappa shape index (κ1) is 75.4. The number of rotatable bonds is 61. The number of phosphoric ester groups is 1. The summed E-state index contributed by atoms with van der Waals surface area (Å²) in [6.45, 7) is 4.52. The number of nitrogens with zero attached hydrogens (tertiary/aromatic N) is 1. The van der Waals surface area contributed by atoms with Crippen molar-refractivity contribution in [2.45, 2.75) is 334 Å². The van der Waals surface area contributed by atoms with E-state index in [1.54, 1.807) is 0 Å². The molecule has 0 fully saturated rings. The fourth-order valence-electron chi connectivity index (χ4n) is 10.0. The molecule has 77 heavy (non-hydrogen) atoms. The molecule has 9 nitrogen and oxygen atoms in total. The van der Waals surface area contributed by atoms with Gasteiger partial charge in [-0.2, -0.15) is 0 Å². The van der Waals surface area contributed by atoms with Crippen molar-refractivity contribution >= 4 is 13.7 Å². The average molecular weight is 1110 g/mol. The Kier molecular flexibility index (Phi) is 56.5. The summed E-state index contributed by atoms with van der Waals surface area (Å²) in [7, 11) is 1.45. The van der Waals surface area contributed by atoms with Crippen LogP contribution < -0.4 is 5.32 Å². The minimum absolute atomic E-state index is 0.0239. The van der Waals surface area contributed by atoms with Gasteiger partial charge in [0.15, 0.2) is 0 Å². The number of likely N-dealkylation sites (N-methyl/N-ethyl adjacent to an activating group) is 1. The lowest BCUT2D eigenvalue weighted by Gasteiger charge is -2.28. The standard InChI is InChI=1S/C67H129N2O7P/c1-6-8-10-12-14-16-18-20-21-22-23-24-25-26-27-28-29-30-31-32-33-34-35-36-37-38-39-40-41-42-43-44-45-46-47-48-50-52-54-56-58-60-66(71)68-64(63-76-77(73,74)75-62-61-69(3,4)5)67(72)65(70)59-57-55-53-51-49-19-17-15-13-11-9-7-2/h8,10,14,16,20-21,23-24,64-65,67,70,72H,6-7,9,11-13,15,17-19,22,25-63H2,1-5H3,(H-,68,71,73,74)/p+1/b10-8-,16-14-,21-20-,24-23-. The third-order valence-corrected chi connectivity index (χ3v) is 16.2. The topological polar surface area (TPSA) is 125 Å². The van der Waals surface area contributed by atoms with Crippen molar-refractivity contribution in [2.75, 3.05) is 40.9 Å². The molecule has 10 heteroatoms. The zero-order chi connectivity index (χ0) is 56.4. The number of nitrogens with one attached hydrogen (secondary N) is 1. The van der Waals surface area contributed by atoms with E-state index in [9.17, 15) is 24.5 Å². The van der Waals surface area contributed by atoms with Crippen LogP contribution in [0.4, 0.5) is 0 Å². The Bertz CT molecular complexity index is 1410. The second-order valence-electron chi connectivity index (χ2n) is 24.0. The van der Waals surface area contributed by atoms with E-state index in [0.717, 1.165) is 64.2 Å². The summed E-state index contributed by atoms with van der Waals surface area (Å²) in [5.74, 6) is -0.252. The van der Waals surface area contributed by atoms with Crippen molar-refractivity contribution < 1.29 is 38.0 Å². The second kappa shape index (κ2) is 57.6. The number of allylic oxidation sites excluding steroid dienone is 8. The van der Waals surface area contributed by atoms with E-state index >= 15 is 0 Å². The molecular weight excluding hydrogens is 976 g/mol. The van der Waals surface area contributed by atoms with Crippen LogP contribution in [-0.4, -0.2) is 84.6 Å². The van der Waals surface area contributed by atoms with Crippen molar-refractivity contribution in [3.63, 3.8) is 0 Å². The maximum absolute atomic E-state index is 13.0. The van der Waals surface area contributed by atoms with Gasteiger partial charge in [-0.3, -0.25) is 13.8 Å². The van der Waals surface area contributed by atoms with Gasteiger partial charge >= 0.3 is 7.82 Å². The highest BCUT2D eigenvalue weighted by Crippen LogP contribution is 2.43. The summed E-state index contributed by atoms with van der Waals surface area (Å²) in [5.41, 5.74) is 0. The van der Waals surface area contributed by atoms with Gasteiger partial charge in [-0.15, -0.1) is 0 Å². The molecule has 4 N–H and O–H groups in total. The van der Waals surface area contributed by atoms with E-state index in [1.165, 1.54) is 225 Å². The molecule has 0 aliphatic rings. The molecule has 0 aromatic carbocycles. The van der Waals surface area contributed by atoms with E-state index < -0.39 is 32.7 Å². The summed E-state index contributed by atoms with van der Waals surface area (Å²) in [6, 6.07) is -1.03. The number of carbonyl (C=O) groups is 1. The molecule has 0 spiro atoms. The Balaban J connectivity index is 3.87. The molecule has 1 amide bonds. The highest BCUT2D eigenvalue weighted by Gasteiger charge is 2.32. The third-order valence-electron chi connectivity index (χ3n) is 15.2. The normalized spacial score (nSPS) is 14.4. The van der Waals surface area contributed by atoms with Gasteiger partial charge in [-0.25, -0.2) is 4.57 Å². The fourth-order valence-corrected chi connectivity index (χ4v) is 10.8. The molecule has 0 saturated carbocycles. The number of quaternary nitrogens is 1. The van der Waals surface area contributed by atoms with Crippen LogP contribution in [0.25, 0.3) is 0 Å². The lowest BCUT2D eigenvalue weighted by atomic mass is 9.99. The van der Waals surface area contributed by atoms with Gasteiger partial charge in [0.25, 0.3) is 0 Å². The molecule has 4 atom stereocenters. The average Bonchev–Trinajstić information content (AvgIpc) is 3.39. The molecule has 0 bridgehead atoms. The lowest BCUT2D eigenvalue weighted by Crippen LogP contribution is -2.51. The number of hydrogen-bond acceptors (Lipinski definition) is 6. The Morgan fingerprint density at radius 3 is 1.18 bits per heavy atom. The summed E-state index contributed by atoms with van der Waals surface area (Å²) < 4.78 is 23.7. The predicted molar refractivity (Wildman–Crippen MR) is 333 cm³/mol. The van der Waals surface area contributed by atoms with Gasteiger partial charge in [-0.05, 0) is 51.4 Å². The number of aliphatic hydroxyl groups is 2. The van der Waals surface area contributed by atoms with Gasteiger partial charge in [0.05, 0.1) is 39.9 Å². The zero-order valence-electron chi connectivity index (χ0n) is 51.6. The van der Waals surface area contributed by atoms with Gasteiger partial charge in [0, 0.05) is 6.42 Å². The molecule has 0 radical (unpaired) electrons. The number of hydrogen-bond donors (Lipinski definition) is 4. The third kappa shape index (κ3) is 58.9. The molecule has 0 rings (SSSR count). The minimum atomic E-state index is -4.42.